The maximum Gasteiger partial charge on any atom is 0.135 e. The first kappa shape index (κ1) is 12.1. The van der Waals surface area contributed by atoms with Crippen molar-refractivity contribution in [1.29, 1.82) is 0 Å². The third-order valence-electron chi connectivity index (χ3n) is 3.96. The highest BCUT2D eigenvalue weighted by Crippen LogP contribution is 2.59. The molecule has 20 heavy (non-hydrogen) atoms. The topological polar surface area (TPSA) is 9.23 Å². The van der Waals surface area contributed by atoms with E-state index in [-0.39, 0.29) is 10.9 Å². The van der Waals surface area contributed by atoms with Crippen LogP contribution in [0.15, 0.2) is 80.9 Å². The number of hydrogen-bond acceptors (Lipinski definition) is 1. The van der Waals surface area contributed by atoms with Crippen molar-refractivity contribution in [3.8, 4) is 0 Å². The Bertz CT molecular complexity index is 649. The van der Waals surface area contributed by atoms with E-state index in [0.29, 0.717) is 0 Å². The Morgan fingerprint density at radius 3 is 2.60 bits per heavy atom. The number of rotatable bonds is 1. The molecule has 0 spiro atoms. The molecule has 0 saturated carbocycles. The van der Waals surface area contributed by atoms with E-state index < -0.39 is 0 Å². The molecule has 1 aromatic carbocycles. The van der Waals surface area contributed by atoms with Gasteiger partial charge in [0.15, 0.2) is 0 Å². The largest absolute Gasteiger partial charge is 0.460 e. The van der Waals surface area contributed by atoms with Crippen LogP contribution in [-0.2, 0) is 4.74 Å². The van der Waals surface area contributed by atoms with Crippen LogP contribution in [0, 0.1) is 0 Å². The number of thiol groups is 1. The summed E-state index contributed by atoms with van der Waals surface area (Å²) in [6.45, 7) is 0. The lowest BCUT2D eigenvalue weighted by Crippen LogP contribution is -2.11. The predicted molar refractivity (Wildman–Crippen MR) is 85.6 cm³/mol. The van der Waals surface area contributed by atoms with Crippen LogP contribution < -0.4 is 0 Å². The molecule has 2 heteroatoms. The van der Waals surface area contributed by atoms with Gasteiger partial charge in [0, 0.05) is 16.2 Å². The molecule has 1 heterocycles. The molecule has 1 unspecified atom stereocenters. The lowest BCUT2D eigenvalue weighted by molar-refractivity contribution is 0.296. The molecule has 102 valence electrons. The molecular formula is C18H18OS. The molecule has 0 bridgehead atoms. The molecule has 0 N–H and O–H groups in total. The Morgan fingerprint density at radius 2 is 1.70 bits per heavy atom. The van der Waals surface area contributed by atoms with Crippen molar-refractivity contribution in [2.45, 2.75) is 30.6 Å². The minimum absolute atomic E-state index is 0.385. The highest BCUT2D eigenvalue weighted by atomic mass is 32.2. The molecule has 1 aromatic rings. The summed E-state index contributed by atoms with van der Waals surface area (Å²) in [5.74, 6) is 2.33. The van der Waals surface area contributed by atoms with Crippen LogP contribution in [0.3, 0.4) is 0 Å². The van der Waals surface area contributed by atoms with Gasteiger partial charge in [-0.1, -0.05) is 36.4 Å². The summed E-state index contributed by atoms with van der Waals surface area (Å²) >= 11 is 0. The Kier molecular flexibility index (Phi) is 3.04. The zero-order valence-electron chi connectivity index (χ0n) is 11.4. The van der Waals surface area contributed by atoms with Gasteiger partial charge in [-0.3, -0.25) is 0 Å². The van der Waals surface area contributed by atoms with Crippen LogP contribution in [0.5, 0.6) is 0 Å². The van der Waals surface area contributed by atoms with Gasteiger partial charge in [0.25, 0.3) is 0 Å². The summed E-state index contributed by atoms with van der Waals surface area (Å²) < 4.78 is 6.18. The first-order chi connectivity index (χ1) is 9.93. The van der Waals surface area contributed by atoms with Crippen molar-refractivity contribution < 1.29 is 4.74 Å². The third kappa shape index (κ3) is 1.95. The highest BCUT2D eigenvalue weighted by molar-refractivity contribution is 8.24. The average Bonchev–Trinajstić information content (AvgIpc) is 2.53. The van der Waals surface area contributed by atoms with Crippen molar-refractivity contribution in [3.05, 3.63) is 76.0 Å². The van der Waals surface area contributed by atoms with Gasteiger partial charge in [0.05, 0.1) is 0 Å². The molecule has 0 aromatic heterocycles. The van der Waals surface area contributed by atoms with Crippen LogP contribution in [-0.4, -0.2) is 0 Å². The maximum absolute atomic E-state index is 6.18. The highest BCUT2D eigenvalue weighted by Gasteiger charge is 2.29. The molecule has 0 radical (unpaired) electrons. The van der Waals surface area contributed by atoms with Crippen molar-refractivity contribution in [1.82, 2.24) is 0 Å². The minimum atomic E-state index is -0.385. The van der Waals surface area contributed by atoms with E-state index >= 15 is 0 Å². The number of allylic oxidation sites excluding steroid dienone is 6. The lowest BCUT2D eigenvalue weighted by Gasteiger charge is -2.36. The Balaban J connectivity index is 1.87. The fourth-order valence-corrected chi connectivity index (χ4v) is 5.73. The second-order valence-corrected chi connectivity index (χ2v) is 7.48. The van der Waals surface area contributed by atoms with Gasteiger partial charge in [-0.15, -0.1) is 0 Å². The summed E-state index contributed by atoms with van der Waals surface area (Å²) in [7, 11) is -0.385. The van der Waals surface area contributed by atoms with E-state index in [2.05, 4.69) is 54.6 Å². The zero-order chi connectivity index (χ0) is 13.4. The average molecular weight is 282 g/mol. The normalized spacial score (nSPS) is 26.1. The molecule has 1 nitrogen and oxygen atoms in total. The molecule has 1 atom stereocenters. The maximum atomic E-state index is 6.18. The Morgan fingerprint density at radius 1 is 0.900 bits per heavy atom. The molecule has 2 aliphatic carbocycles. The van der Waals surface area contributed by atoms with E-state index in [4.69, 9.17) is 4.74 Å². The summed E-state index contributed by atoms with van der Waals surface area (Å²) in [4.78, 5) is 4.40. The fourth-order valence-electron chi connectivity index (χ4n) is 3.03. The van der Waals surface area contributed by atoms with Gasteiger partial charge in [0.1, 0.15) is 11.5 Å². The molecule has 3 aliphatic rings. The lowest BCUT2D eigenvalue weighted by atomic mass is 10.1. The van der Waals surface area contributed by atoms with Gasteiger partial charge in [-0.05, 0) is 42.4 Å². The molecule has 4 rings (SSSR count). The van der Waals surface area contributed by atoms with Crippen LogP contribution in [0.1, 0.15) is 25.7 Å². The number of hydrogen-bond donors (Lipinski definition) is 1. The molecule has 0 saturated heterocycles. The number of ether oxygens (including phenoxy) is 1. The van der Waals surface area contributed by atoms with E-state index in [9.17, 15) is 0 Å². The van der Waals surface area contributed by atoms with E-state index in [1.54, 1.807) is 0 Å². The fraction of sp³-hybridized carbons (Fsp3) is 0.222. The zero-order valence-corrected chi connectivity index (χ0v) is 12.3. The van der Waals surface area contributed by atoms with Crippen LogP contribution in [0.4, 0.5) is 0 Å². The summed E-state index contributed by atoms with van der Waals surface area (Å²) in [6.07, 6.45) is 13.4. The van der Waals surface area contributed by atoms with Gasteiger partial charge in [-0.25, -0.2) is 0 Å². The predicted octanol–water partition coefficient (Wildman–Crippen LogP) is 5.20. The van der Waals surface area contributed by atoms with E-state index in [0.717, 1.165) is 31.4 Å². The second kappa shape index (κ2) is 5.02. The first-order valence-electron chi connectivity index (χ1n) is 7.26. The van der Waals surface area contributed by atoms with Gasteiger partial charge < -0.3 is 4.74 Å². The van der Waals surface area contributed by atoms with Crippen molar-refractivity contribution in [3.63, 3.8) is 0 Å². The van der Waals surface area contributed by atoms with Gasteiger partial charge >= 0.3 is 0 Å². The molecular weight excluding hydrogens is 264 g/mol. The first-order valence-corrected chi connectivity index (χ1v) is 8.60. The van der Waals surface area contributed by atoms with Crippen molar-refractivity contribution in [2.75, 3.05) is 0 Å². The standard InChI is InChI=1S/C18H18OS/c1-2-8-14(9-3-1)20-17-12-6-4-10-15(17)19-16-11-5-7-13-18(16)20/h1-4,7-10,13,20H,5-6,11-12H2. The summed E-state index contributed by atoms with van der Waals surface area (Å²) in [5, 5.41) is 0. The summed E-state index contributed by atoms with van der Waals surface area (Å²) in [6, 6.07) is 10.9. The Hall–Kier alpha value is -1.67. The van der Waals surface area contributed by atoms with Crippen LogP contribution in [0.25, 0.3) is 0 Å². The van der Waals surface area contributed by atoms with Gasteiger partial charge in [-0.2, -0.15) is 10.9 Å². The van der Waals surface area contributed by atoms with Crippen molar-refractivity contribution >= 4 is 10.9 Å². The minimum Gasteiger partial charge on any atom is -0.460 e. The smallest absolute Gasteiger partial charge is 0.135 e. The van der Waals surface area contributed by atoms with E-state index in [1.165, 1.54) is 20.5 Å². The molecule has 0 fully saturated rings. The van der Waals surface area contributed by atoms with Crippen molar-refractivity contribution in [2.24, 2.45) is 0 Å². The molecule has 1 aliphatic heterocycles. The Labute approximate surface area is 122 Å². The SMILES string of the molecule is C1=CC2=C(CC1)OC1=C(CCC=C1)[SH]2c1ccccc1. The quantitative estimate of drug-likeness (QED) is 0.696. The second-order valence-electron chi connectivity index (χ2n) is 5.27. The van der Waals surface area contributed by atoms with Crippen LogP contribution in [0.2, 0.25) is 0 Å². The van der Waals surface area contributed by atoms with E-state index in [1.807, 2.05) is 0 Å². The van der Waals surface area contributed by atoms with Gasteiger partial charge in [0.2, 0.25) is 0 Å². The molecule has 0 amide bonds. The monoisotopic (exact) mass is 282 g/mol. The van der Waals surface area contributed by atoms with Crippen LogP contribution >= 0.6 is 10.9 Å². The third-order valence-corrected chi connectivity index (χ3v) is 6.64. The number of benzene rings is 1. The summed E-state index contributed by atoms with van der Waals surface area (Å²) in [5.41, 5.74) is 0.